The van der Waals surface area contributed by atoms with Crippen molar-refractivity contribution < 1.29 is 9.53 Å². The number of rotatable bonds is 8. The molecule has 176 valence electrons. The van der Waals surface area contributed by atoms with Crippen LogP contribution in [0.4, 0.5) is 0 Å². The van der Waals surface area contributed by atoms with Crippen LogP contribution in [0.3, 0.4) is 0 Å². The van der Waals surface area contributed by atoms with Crippen molar-refractivity contribution in [2.45, 2.75) is 25.5 Å². The molecule has 0 fully saturated rings. The van der Waals surface area contributed by atoms with Gasteiger partial charge in [0.25, 0.3) is 0 Å². The molecule has 5 rings (SSSR count). The van der Waals surface area contributed by atoms with E-state index in [1.54, 1.807) is 17.8 Å². The molecule has 0 atom stereocenters. The average molecular weight is 485 g/mol. The third-order valence-electron chi connectivity index (χ3n) is 5.62. The van der Waals surface area contributed by atoms with Gasteiger partial charge in [-0.15, -0.1) is 10.2 Å². The van der Waals surface area contributed by atoms with Crippen LogP contribution in [0.2, 0.25) is 0 Å². The number of fused-ring (bicyclic) bond motifs is 1. The second kappa shape index (κ2) is 10.1. The zero-order chi connectivity index (χ0) is 24.2. The summed E-state index contributed by atoms with van der Waals surface area (Å²) in [6.45, 7) is 4.82. The molecule has 0 aliphatic rings. The predicted octanol–water partition coefficient (Wildman–Crippen LogP) is 5.22. The first-order chi connectivity index (χ1) is 17.2. The first kappa shape index (κ1) is 22.8. The van der Waals surface area contributed by atoms with Crippen molar-refractivity contribution in [1.82, 2.24) is 30.2 Å². The summed E-state index contributed by atoms with van der Waals surface area (Å²) in [5.41, 5.74) is 6.22. The van der Waals surface area contributed by atoms with Crippen molar-refractivity contribution in [3.63, 3.8) is 0 Å². The molecule has 0 spiro atoms. The number of benzene rings is 3. The number of tetrazole rings is 1. The quantitative estimate of drug-likeness (QED) is 0.238. The molecule has 2 heterocycles. The second-order valence-electron chi connectivity index (χ2n) is 7.79. The smallest absolute Gasteiger partial charge is 0.340 e. The average Bonchev–Trinajstić information content (AvgIpc) is 3.54. The maximum absolute atomic E-state index is 12.7. The Kier molecular flexibility index (Phi) is 6.58. The van der Waals surface area contributed by atoms with Crippen LogP contribution in [0.25, 0.3) is 33.5 Å². The summed E-state index contributed by atoms with van der Waals surface area (Å²) in [4.78, 5) is 17.5. The summed E-state index contributed by atoms with van der Waals surface area (Å²) >= 11 is 1.66. The van der Waals surface area contributed by atoms with Crippen molar-refractivity contribution in [3.05, 3.63) is 77.9 Å². The van der Waals surface area contributed by atoms with Crippen LogP contribution in [0, 0.1) is 0 Å². The first-order valence-electron chi connectivity index (χ1n) is 11.4. The summed E-state index contributed by atoms with van der Waals surface area (Å²) in [6.07, 6.45) is 0. The lowest BCUT2D eigenvalue weighted by atomic mass is 9.98. The summed E-state index contributed by atoms with van der Waals surface area (Å²) in [5, 5.41) is 15.4. The minimum atomic E-state index is -0.333. The Morgan fingerprint density at radius 3 is 2.51 bits per heavy atom. The van der Waals surface area contributed by atoms with Crippen LogP contribution in [0.15, 0.2) is 71.9 Å². The molecule has 35 heavy (non-hydrogen) atoms. The molecular formula is C26H24N6O2S. The topological polar surface area (TPSA) is 98.6 Å². The number of aromatic amines is 1. The number of H-pyrrole nitrogens is 1. The number of hydrogen-bond acceptors (Lipinski definition) is 7. The molecule has 1 N–H and O–H groups in total. The van der Waals surface area contributed by atoms with Crippen molar-refractivity contribution in [2.24, 2.45) is 0 Å². The maximum atomic E-state index is 12.7. The number of nitrogens with one attached hydrogen (secondary N) is 1. The van der Waals surface area contributed by atoms with E-state index in [1.165, 1.54) is 0 Å². The van der Waals surface area contributed by atoms with Crippen LogP contribution in [-0.2, 0) is 11.3 Å². The molecule has 0 bridgehead atoms. The monoisotopic (exact) mass is 484 g/mol. The number of hydrogen-bond donors (Lipinski definition) is 1. The molecule has 0 unspecified atom stereocenters. The molecule has 0 aliphatic carbocycles. The largest absolute Gasteiger partial charge is 0.462 e. The Bertz CT molecular complexity index is 1460. The molecule has 0 saturated carbocycles. The number of esters is 1. The molecule has 0 aliphatic heterocycles. The van der Waals surface area contributed by atoms with E-state index in [0.717, 1.165) is 44.2 Å². The van der Waals surface area contributed by atoms with Gasteiger partial charge in [0.05, 0.1) is 29.7 Å². The maximum Gasteiger partial charge on any atom is 0.340 e. The van der Waals surface area contributed by atoms with Gasteiger partial charge in [-0.25, -0.2) is 9.78 Å². The molecule has 0 amide bonds. The van der Waals surface area contributed by atoms with Crippen LogP contribution in [-0.4, -0.2) is 48.5 Å². The zero-order valence-corrected chi connectivity index (χ0v) is 20.2. The van der Waals surface area contributed by atoms with Gasteiger partial charge in [0.2, 0.25) is 5.82 Å². The van der Waals surface area contributed by atoms with Crippen molar-refractivity contribution in [1.29, 1.82) is 0 Å². The van der Waals surface area contributed by atoms with Gasteiger partial charge in [-0.05, 0) is 46.7 Å². The first-order valence-corrected chi connectivity index (χ1v) is 12.4. The number of nitrogens with zero attached hydrogens (tertiary/aromatic N) is 5. The van der Waals surface area contributed by atoms with Gasteiger partial charge in [0, 0.05) is 5.56 Å². The third kappa shape index (κ3) is 4.54. The van der Waals surface area contributed by atoms with E-state index in [-0.39, 0.29) is 5.97 Å². The van der Waals surface area contributed by atoms with E-state index in [4.69, 9.17) is 9.72 Å². The molecule has 3 aromatic carbocycles. The molecule has 8 nitrogen and oxygen atoms in total. The fraction of sp³-hybridized carbons (Fsp3) is 0.192. The number of imidazole rings is 1. The van der Waals surface area contributed by atoms with Crippen LogP contribution in [0.1, 0.15) is 29.8 Å². The lowest BCUT2D eigenvalue weighted by molar-refractivity contribution is 0.0528. The molecule has 2 aromatic heterocycles. The lowest BCUT2D eigenvalue weighted by Crippen LogP contribution is -2.09. The number of aromatic nitrogens is 6. The Hall–Kier alpha value is -3.98. The number of para-hydroxylation sites is 1. The Labute approximate surface area is 206 Å². The summed E-state index contributed by atoms with van der Waals surface area (Å²) in [5.74, 6) is 1.10. The fourth-order valence-electron chi connectivity index (χ4n) is 4.10. The number of ether oxygens (including phenoxy) is 1. The van der Waals surface area contributed by atoms with E-state index >= 15 is 0 Å². The van der Waals surface area contributed by atoms with Gasteiger partial charge in [-0.2, -0.15) is 5.21 Å². The number of carbonyl (C=O) groups excluding carboxylic acids is 1. The van der Waals surface area contributed by atoms with E-state index in [9.17, 15) is 4.79 Å². The minimum absolute atomic E-state index is 0.326. The van der Waals surface area contributed by atoms with Crippen molar-refractivity contribution in [2.75, 3.05) is 12.4 Å². The highest BCUT2D eigenvalue weighted by atomic mass is 32.2. The minimum Gasteiger partial charge on any atom is -0.462 e. The number of carbonyl (C=O) groups is 1. The SMILES string of the molecule is CCOC(=O)c1cccc2nc(SCC)n(Cc3ccc(-c4ccccc4-c4nn[nH]n4)cc3)c12. The van der Waals surface area contributed by atoms with Gasteiger partial charge >= 0.3 is 5.97 Å². The lowest BCUT2D eigenvalue weighted by Gasteiger charge is -2.12. The highest BCUT2D eigenvalue weighted by Gasteiger charge is 2.19. The van der Waals surface area contributed by atoms with E-state index in [1.807, 2.05) is 43.3 Å². The molecule has 5 aromatic rings. The van der Waals surface area contributed by atoms with Crippen LogP contribution in [0.5, 0.6) is 0 Å². The highest BCUT2D eigenvalue weighted by molar-refractivity contribution is 7.99. The Balaban J connectivity index is 1.52. The van der Waals surface area contributed by atoms with Crippen LogP contribution < -0.4 is 0 Å². The van der Waals surface area contributed by atoms with Gasteiger partial charge in [0.15, 0.2) is 5.16 Å². The van der Waals surface area contributed by atoms with E-state index in [0.29, 0.717) is 24.5 Å². The van der Waals surface area contributed by atoms with Gasteiger partial charge < -0.3 is 9.30 Å². The van der Waals surface area contributed by atoms with E-state index < -0.39 is 0 Å². The summed E-state index contributed by atoms with van der Waals surface area (Å²) in [6, 6.07) is 22.0. The summed E-state index contributed by atoms with van der Waals surface area (Å²) in [7, 11) is 0. The van der Waals surface area contributed by atoms with Gasteiger partial charge in [-0.3, -0.25) is 0 Å². The van der Waals surface area contributed by atoms with Crippen LogP contribution >= 0.6 is 11.8 Å². The van der Waals surface area contributed by atoms with Gasteiger partial charge in [-0.1, -0.05) is 73.3 Å². The summed E-state index contributed by atoms with van der Waals surface area (Å²) < 4.78 is 7.42. The Morgan fingerprint density at radius 2 is 1.80 bits per heavy atom. The third-order valence-corrected chi connectivity index (χ3v) is 6.48. The van der Waals surface area contributed by atoms with Gasteiger partial charge in [0.1, 0.15) is 0 Å². The molecular weight excluding hydrogens is 460 g/mol. The normalized spacial score (nSPS) is 11.1. The molecule has 0 radical (unpaired) electrons. The zero-order valence-electron chi connectivity index (χ0n) is 19.4. The predicted molar refractivity (Wildman–Crippen MR) is 136 cm³/mol. The number of thioether (sulfide) groups is 1. The molecule has 0 saturated heterocycles. The highest BCUT2D eigenvalue weighted by Crippen LogP contribution is 2.31. The fourth-order valence-corrected chi connectivity index (χ4v) is 4.83. The van der Waals surface area contributed by atoms with Crippen molar-refractivity contribution >= 4 is 28.8 Å². The second-order valence-corrected chi connectivity index (χ2v) is 9.02. The Morgan fingerprint density at radius 1 is 1.00 bits per heavy atom. The van der Waals surface area contributed by atoms with Crippen molar-refractivity contribution in [3.8, 4) is 22.5 Å². The van der Waals surface area contributed by atoms with E-state index in [2.05, 4.69) is 56.4 Å². The standard InChI is InChI=1S/C26H24N6O2S/c1-3-34-25(33)21-10-7-11-22-23(21)32(26(27-22)35-4-2)16-17-12-14-18(15-13-17)19-8-5-6-9-20(19)24-28-30-31-29-24/h5-15H,3-4,16H2,1-2H3,(H,28,29,30,31). The molecule has 9 heteroatoms.